The van der Waals surface area contributed by atoms with E-state index in [9.17, 15) is 13.6 Å². The highest BCUT2D eigenvalue weighted by Crippen LogP contribution is 2.23. The highest BCUT2D eigenvalue weighted by atomic mass is 79.9. The van der Waals surface area contributed by atoms with Gasteiger partial charge in [0.15, 0.2) is 0 Å². The molecule has 6 heteroatoms. The van der Waals surface area contributed by atoms with Gasteiger partial charge in [-0.15, -0.1) is 0 Å². The van der Waals surface area contributed by atoms with Crippen LogP contribution in [0.2, 0.25) is 0 Å². The number of pyridine rings is 1. The number of hydrogen-bond acceptors (Lipinski definition) is 3. The molecule has 0 aliphatic heterocycles. The summed E-state index contributed by atoms with van der Waals surface area (Å²) in [6.45, 7) is 1.94. The van der Waals surface area contributed by atoms with Gasteiger partial charge in [-0.25, -0.2) is 13.8 Å². The number of alkyl halides is 2. The Kier molecular flexibility index (Phi) is 4.79. The third-order valence-electron chi connectivity index (χ3n) is 1.82. The lowest BCUT2D eigenvalue weighted by atomic mass is 10.1. The fourth-order valence-corrected chi connectivity index (χ4v) is 1.48. The van der Waals surface area contributed by atoms with Crippen molar-refractivity contribution in [3.05, 3.63) is 28.0 Å². The summed E-state index contributed by atoms with van der Waals surface area (Å²) in [5, 5.41) is 0. The maximum Gasteiger partial charge on any atom is 0.310 e. The predicted octanol–water partition coefficient (Wildman–Crippen LogP) is 2.89. The molecule has 0 spiro atoms. The third-order valence-corrected chi connectivity index (χ3v) is 2.54. The molecule has 0 bridgehead atoms. The van der Waals surface area contributed by atoms with Crippen molar-refractivity contribution in [3.63, 3.8) is 0 Å². The Morgan fingerprint density at radius 1 is 1.62 bits per heavy atom. The Bertz CT molecular complexity index is 385. The number of nitrogens with zero attached hydrogens (tertiary/aromatic N) is 1. The molecule has 0 unspecified atom stereocenters. The molecule has 0 saturated carbocycles. The van der Waals surface area contributed by atoms with Gasteiger partial charge in [-0.2, -0.15) is 0 Å². The molecule has 0 amide bonds. The molecule has 0 aliphatic rings. The number of aromatic nitrogens is 1. The van der Waals surface area contributed by atoms with Crippen molar-refractivity contribution in [3.8, 4) is 0 Å². The average molecular weight is 294 g/mol. The van der Waals surface area contributed by atoms with E-state index in [1.165, 1.54) is 6.07 Å². The number of hydrogen-bond donors (Lipinski definition) is 0. The van der Waals surface area contributed by atoms with Crippen molar-refractivity contribution in [2.24, 2.45) is 0 Å². The van der Waals surface area contributed by atoms with E-state index in [1.807, 2.05) is 0 Å². The number of carbonyl (C=O) groups excluding carboxylic acids is 1. The van der Waals surface area contributed by atoms with E-state index in [2.05, 4.69) is 20.9 Å². The van der Waals surface area contributed by atoms with Gasteiger partial charge in [0.1, 0.15) is 4.60 Å². The van der Waals surface area contributed by atoms with Crippen molar-refractivity contribution in [2.45, 2.75) is 19.8 Å². The molecular formula is C10H10BrF2NO2. The van der Waals surface area contributed by atoms with Gasteiger partial charge in [-0.3, -0.25) is 4.79 Å². The van der Waals surface area contributed by atoms with Crippen molar-refractivity contribution >= 4 is 21.9 Å². The second-order valence-corrected chi connectivity index (χ2v) is 3.75. The van der Waals surface area contributed by atoms with Gasteiger partial charge in [-0.1, -0.05) is 0 Å². The number of esters is 1. The fraction of sp³-hybridized carbons (Fsp3) is 0.400. The van der Waals surface area contributed by atoms with Gasteiger partial charge in [0, 0.05) is 11.8 Å². The molecule has 0 N–H and O–H groups in total. The monoisotopic (exact) mass is 293 g/mol. The van der Waals surface area contributed by atoms with E-state index in [0.29, 0.717) is 10.2 Å². The topological polar surface area (TPSA) is 39.2 Å². The van der Waals surface area contributed by atoms with Gasteiger partial charge in [0.2, 0.25) is 0 Å². The molecule has 0 aromatic carbocycles. The number of rotatable bonds is 4. The van der Waals surface area contributed by atoms with Crippen molar-refractivity contribution in [1.82, 2.24) is 4.98 Å². The molecule has 0 radical (unpaired) electrons. The highest BCUT2D eigenvalue weighted by molar-refractivity contribution is 9.10. The van der Waals surface area contributed by atoms with Crippen molar-refractivity contribution in [2.75, 3.05) is 6.61 Å². The van der Waals surface area contributed by atoms with E-state index in [1.54, 1.807) is 6.92 Å². The fourth-order valence-electron chi connectivity index (χ4n) is 1.12. The normalized spacial score (nSPS) is 10.6. The molecule has 0 fully saturated rings. The maximum atomic E-state index is 12.4. The first-order valence-corrected chi connectivity index (χ1v) is 5.42. The van der Waals surface area contributed by atoms with Crippen LogP contribution in [0.1, 0.15) is 24.5 Å². The smallest absolute Gasteiger partial charge is 0.310 e. The Labute approximate surface area is 99.9 Å². The summed E-state index contributed by atoms with van der Waals surface area (Å²) in [6, 6.07) is 1.25. The summed E-state index contributed by atoms with van der Waals surface area (Å²) in [6.07, 6.45) is -1.59. The van der Waals surface area contributed by atoms with Crippen LogP contribution < -0.4 is 0 Å². The van der Waals surface area contributed by atoms with Gasteiger partial charge < -0.3 is 4.74 Å². The van der Waals surface area contributed by atoms with Crippen LogP contribution in [0.4, 0.5) is 8.78 Å². The quantitative estimate of drug-likeness (QED) is 0.633. The summed E-state index contributed by atoms with van der Waals surface area (Å²) in [4.78, 5) is 14.9. The van der Waals surface area contributed by atoms with Crippen LogP contribution >= 0.6 is 15.9 Å². The Balaban J connectivity index is 2.86. The molecule has 1 aromatic heterocycles. The summed E-state index contributed by atoms with van der Waals surface area (Å²) >= 11 is 3.10. The molecule has 16 heavy (non-hydrogen) atoms. The first-order chi connectivity index (χ1) is 7.54. The molecule has 88 valence electrons. The highest BCUT2D eigenvalue weighted by Gasteiger charge is 2.13. The van der Waals surface area contributed by atoms with E-state index in [-0.39, 0.29) is 18.6 Å². The molecule has 1 rings (SSSR count). The standard InChI is InChI=1S/C10H10BrF2NO2/c1-2-16-8(15)4-6-3-7(10(12)13)5-14-9(6)11/h3,5,10H,2,4H2,1H3. The molecule has 1 aromatic rings. The number of carbonyl (C=O) groups is 1. The van der Waals surface area contributed by atoms with Crippen LogP contribution in [-0.2, 0) is 16.0 Å². The number of halogens is 3. The average Bonchev–Trinajstić information content (AvgIpc) is 2.21. The van der Waals surface area contributed by atoms with Crippen molar-refractivity contribution in [1.29, 1.82) is 0 Å². The van der Waals surface area contributed by atoms with Gasteiger partial charge in [0.05, 0.1) is 13.0 Å². The SMILES string of the molecule is CCOC(=O)Cc1cc(C(F)F)cnc1Br. The largest absolute Gasteiger partial charge is 0.466 e. The molecule has 3 nitrogen and oxygen atoms in total. The molecule has 0 atom stereocenters. The maximum absolute atomic E-state index is 12.4. The molecular weight excluding hydrogens is 284 g/mol. The van der Waals surface area contributed by atoms with Crippen LogP contribution in [0, 0.1) is 0 Å². The minimum Gasteiger partial charge on any atom is -0.466 e. The minimum atomic E-state index is -2.60. The predicted molar refractivity (Wildman–Crippen MR) is 57.2 cm³/mol. The van der Waals surface area contributed by atoms with Gasteiger partial charge in [-0.05, 0) is 34.5 Å². The third kappa shape index (κ3) is 3.52. The van der Waals surface area contributed by atoms with Crippen LogP contribution in [0.25, 0.3) is 0 Å². The van der Waals surface area contributed by atoms with E-state index in [4.69, 9.17) is 4.74 Å². The second-order valence-electron chi connectivity index (χ2n) is 3.00. The summed E-state index contributed by atoms with van der Waals surface area (Å²) in [5.74, 6) is -0.462. The van der Waals surface area contributed by atoms with Crippen LogP contribution in [0.5, 0.6) is 0 Å². The van der Waals surface area contributed by atoms with Crippen molar-refractivity contribution < 1.29 is 18.3 Å². The zero-order valence-electron chi connectivity index (χ0n) is 8.54. The van der Waals surface area contributed by atoms with E-state index >= 15 is 0 Å². The molecule has 1 heterocycles. The zero-order valence-corrected chi connectivity index (χ0v) is 10.1. The minimum absolute atomic E-state index is 0.0675. The Morgan fingerprint density at radius 2 is 2.31 bits per heavy atom. The molecule has 0 aliphatic carbocycles. The summed E-state index contributed by atoms with van der Waals surface area (Å²) < 4.78 is 29.9. The van der Waals surface area contributed by atoms with Crippen LogP contribution in [0.3, 0.4) is 0 Å². The van der Waals surface area contributed by atoms with E-state index < -0.39 is 12.4 Å². The zero-order chi connectivity index (χ0) is 12.1. The second kappa shape index (κ2) is 5.89. The number of ether oxygens (including phenoxy) is 1. The summed E-state index contributed by atoms with van der Waals surface area (Å²) in [5.41, 5.74) is 0.193. The summed E-state index contributed by atoms with van der Waals surface area (Å²) in [7, 11) is 0. The van der Waals surface area contributed by atoms with Gasteiger partial charge in [0.25, 0.3) is 6.43 Å². The van der Waals surface area contributed by atoms with Crippen LogP contribution in [0.15, 0.2) is 16.9 Å². The van der Waals surface area contributed by atoms with Crippen LogP contribution in [-0.4, -0.2) is 17.6 Å². The lowest BCUT2D eigenvalue weighted by Crippen LogP contribution is -2.08. The first kappa shape index (κ1) is 13.0. The molecule has 0 saturated heterocycles. The van der Waals surface area contributed by atoms with Gasteiger partial charge >= 0.3 is 5.97 Å². The lowest BCUT2D eigenvalue weighted by Gasteiger charge is -2.06. The lowest BCUT2D eigenvalue weighted by molar-refractivity contribution is -0.142. The first-order valence-electron chi connectivity index (χ1n) is 4.62. The Hall–Kier alpha value is -1.04. The Morgan fingerprint density at radius 3 is 2.88 bits per heavy atom. The van der Waals surface area contributed by atoms with E-state index in [0.717, 1.165) is 6.20 Å².